The van der Waals surface area contributed by atoms with Gasteiger partial charge in [-0.1, -0.05) is 36.4 Å². The highest BCUT2D eigenvalue weighted by molar-refractivity contribution is 5.87. The summed E-state index contributed by atoms with van der Waals surface area (Å²) in [6.07, 6.45) is 2.45. The van der Waals surface area contributed by atoms with E-state index < -0.39 is 5.97 Å². The topological polar surface area (TPSA) is 84.2 Å². The SMILES string of the molecule is Cc1cc(/C=C/C(=O)O)nc2c1c(=O)cc(Nc1ccccc1)n2-c1ccccc1. The van der Waals surface area contributed by atoms with Crippen LogP contribution >= 0.6 is 0 Å². The molecule has 0 bridgehead atoms. The van der Waals surface area contributed by atoms with Crippen LogP contribution in [0.15, 0.2) is 83.7 Å². The molecule has 6 nitrogen and oxygen atoms in total. The summed E-state index contributed by atoms with van der Waals surface area (Å²) in [5.74, 6) is -0.495. The molecule has 0 atom stereocenters. The summed E-state index contributed by atoms with van der Waals surface area (Å²) in [6.45, 7) is 1.82. The van der Waals surface area contributed by atoms with Crippen LogP contribution in [0.4, 0.5) is 11.5 Å². The van der Waals surface area contributed by atoms with Gasteiger partial charge in [0.1, 0.15) is 5.82 Å². The molecule has 0 amide bonds. The second-order valence-electron chi connectivity index (χ2n) is 6.79. The molecule has 0 saturated carbocycles. The average molecular weight is 397 g/mol. The number of para-hydroxylation sites is 2. The molecule has 6 heteroatoms. The zero-order valence-corrected chi connectivity index (χ0v) is 16.2. The van der Waals surface area contributed by atoms with Gasteiger partial charge in [-0.2, -0.15) is 0 Å². The lowest BCUT2D eigenvalue weighted by molar-refractivity contribution is -0.131. The number of rotatable bonds is 5. The molecule has 0 aliphatic heterocycles. The van der Waals surface area contributed by atoms with E-state index in [0.717, 1.165) is 23.0 Å². The van der Waals surface area contributed by atoms with Crippen molar-refractivity contribution in [1.82, 2.24) is 9.55 Å². The third-order valence-electron chi connectivity index (χ3n) is 4.64. The molecular weight excluding hydrogens is 378 g/mol. The highest BCUT2D eigenvalue weighted by Crippen LogP contribution is 2.26. The minimum absolute atomic E-state index is 0.158. The molecule has 2 N–H and O–H groups in total. The molecule has 0 saturated heterocycles. The van der Waals surface area contributed by atoms with Gasteiger partial charge in [-0.15, -0.1) is 0 Å². The van der Waals surface area contributed by atoms with Crippen LogP contribution in [0.1, 0.15) is 11.3 Å². The van der Waals surface area contributed by atoms with Crippen LogP contribution < -0.4 is 10.7 Å². The van der Waals surface area contributed by atoms with Crippen molar-refractivity contribution in [3.05, 3.63) is 100 Å². The number of carbonyl (C=O) groups is 1. The van der Waals surface area contributed by atoms with Gasteiger partial charge in [0.25, 0.3) is 0 Å². The summed E-state index contributed by atoms with van der Waals surface area (Å²) < 4.78 is 1.87. The Morgan fingerprint density at radius 3 is 2.37 bits per heavy atom. The van der Waals surface area contributed by atoms with Gasteiger partial charge in [0.15, 0.2) is 11.1 Å². The van der Waals surface area contributed by atoms with Crippen molar-refractivity contribution >= 4 is 34.6 Å². The van der Waals surface area contributed by atoms with Crippen LogP contribution in [0.5, 0.6) is 0 Å². The van der Waals surface area contributed by atoms with Gasteiger partial charge in [-0.05, 0) is 48.9 Å². The van der Waals surface area contributed by atoms with E-state index in [1.165, 1.54) is 6.08 Å². The van der Waals surface area contributed by atoms with Crippen molar-refractivity contribution in [3.8, 4) is 5.69 Å². The number of carboxylic acid groups (broad SMARTS) is 1. The number of hydrogen-bond acceptors (Lipinski definition) is 4. The number of aromatic nitrogens is 2. The Kier molecular flexibility index (Phi) is 5.13. The number of benzene rings is 2. The Morgan fingerprint density at radius 1 is 1.03 bits per heavy atom. The number of pyridine rings is 2. The second-order valence-corrected chi connectivity index (χ2v) is 6.79. The molecule has 0 radical (unpaired) electrons. The molecule has 30 heavy (non-hydrogen) atoms. The molecule has 4 aromatic rings. The van der Waals surface area contributed by atoms with E-state index in [1.54, 1.807) is 12.1 Å². The van der Waals surface area contributed by atoms with Crippen LogP contribution in [-0.2, 0) is 4.79 Å². The summed E-state index contributed by atoms with van der Waals surface area (Å²) in [7, 11) is 0. The lowest BCUT2D eigenvalue weighted by Gasteiger charge is -2.18. The fraction of sp³-hybridized carbons (Fsp3) is 0.0417. The van der Waals surface area contributed by atoms with Gasteiger partial charge in [-0.3, -0.25) is 9.36 Å². The van der Waals surface area contributed by atoms with Crippen molar-refractivity contribution < 1.29 is 9.90 Å². The zero-order valence-electron chi connectivity index (χ0n) is 16.2. The van der Waals surface area contributed by atoms with Crippen LogP contribution in [0.2, 0.25) is 0 Å². The normalized spacial score (nSPS) is 11.1. The van der Waals surface area contributed by atoms with E-state index in [0.29, 0.717) is 22.5 Å². The smallest absolute Gasteiger partial charge is 0.328 e. The average Bonchev–Trinajstić information content (AvgIpc) is 2.73. The summed E-state index contributed by atoms with van der Waals surface area (Å²) >= 11 is 0. The highest BCUT2D eigenvalue weighted by atomic mass is 16.4. The molecule has 4 rings (SSSR count). The highest BCUT2D eigenvalue weighted by Gasteiger charge is 2.15. The minimum atomic E-state index is -1.06. The van der Waals surface area contributed by atoms with Crippen LogP contribution in [0.3, 0.4) is 0 Å². The fourth-order valence-electron chi connectivity index (χ4n) is 3.36. The fourth-order valence-corrected chi connectivity index (χ4v) is 3.36. The Labute approximate surface area is 172 Å². The lowest BCUT2D eigenvalue weighted by Crippen LogP contribution is -2.15. The second kappa shape index (κ2) is 8.05. The van der Waals surface area contributed by atoms with E-state index in [2.05, 4.69) is 10.3 Å². The number of hydrogen-bond donors (Lipinski definition) is 2. The van der Waals surface area contributed by atoms with Gasteiger partial charge >= 0.3 is 5.97 Å². The summed E-state index contributed by atoms with van der Waals surface area (Å²) in [5, 5.41) is 12.8. The standard InChI is InChI=1S/C24H19N3O3/c1-16-14-18(12-13-22(29)30)26-24-23(16)20(28)15-21(25-17-8-4-2-5-9-17)27(24)19-10-6-3-7-11-19/h2-15,25H,1H3,(H,29,30)/b13-12+. The van der Waals surface area contributed by atoms with Crippen LogP contribution in [0.25, 0.3) is 22.8 Å². The maximum atomic E-state index is 13.0. The third-order valence-corrected chi connectivity index (χ3v) is 4.64. The van der Waals surface area contributed by atoms with Gasteiger partial charge < -0.3 is 10.4 Å². The Morgan fingerprint density at radius 2 is 1.70 bits per heavy atom. The maximum Gasteiger partial charge on any atom is 0.328 e. The summed E-state index contributed by atoms with van der Waals surface area (Å²) in [5.41, 5.74) is 3.15. The molecule has 0 fully saturated rings. The number of anilines is 2. The first-order valence-corrected chi connectivity index (χ1v) is 9.39. The molecule has 0 aliphatic carbocycles. The van der Waals surface area contributed by atoms with E-state index in [4.69, 9.17) is 5.11 Å². The van der Waals surface area contributed by atoms with E-state index in [-0.39, 0.29) is 5.43 Å². The summed E-state index contributed by atoms with van der Waals surface area (Å²) in [4.78, 5) is 28.5. The third kappa shape index (κ3) is 3.84. The Hall–Kier alpha value is -4.19. The lowest BCUT2D eigenvalue weighted by atomic mass is 10.1. The number of carboxylic acids is 1. The number of nitrogens with one attached hydrogen (secondary N) is 1. The van der Waals surface area contributed by atoms with Crippen molar-refractivity contribution in [2.24, 2.45) is 0 Å². The molecule has 2 heterocycles. The zero-order chi connectivity index (χ0) is 21.1. The quantitative estimate of drug-likeness (QED) is 0.483. The number of nitrogens with zero attached hydrogens (tertiary/aromatic N) is 2. The van der Waals surface area contributed by atoms with Crippen molar-refractivity contribution in [2.75, 3.05) is 5.32 Å². The molecular formula is C24H19N3O3. The first-order valence-electron chi connectivity index (χ1n) is 9.39. The van der Waals surface area contributed by atoms with E-state index >= 15 is 0 Å². The number of aliphatic carboxylic acids is 1. The van der Waals surface area contributed by atoms with Gasteiger partial charge in [0, 0.05) is 23.5 Å². The molecule has 0 spiro atoms. The maximum absolute atomic E-state index is 13.0. The van der Waals surface area contributed by atoms with E-state index in [1.807, 2.05) is 72.2 Å². The van der Waals surface area contributed by atoms with Gasteiger partial charge in [0.05, 0.1) is 11.1 Å². The predicted molar refractivity (Wildman–Crippen MR) is 118 cm³/mol. The van der Waals surface area contributed by atoms with Gasteiger partial charge in [0.2, 0.25) is 0 Å². The van der Waals surface area contributed by atoms with Crippen LogP contribution in [0, 0.1) is 6.92 Å². The number of aryl methyl sites for hydroxylation is 1. The summed E-state index contributed by atoms with van der Waals surface area (Å²) in [6, 6.07) is 22.4. The Bertz CT molecular complexity index is 1310. The molecule has 0 unspecified atom stereocenters. The van der Waals surface area contributed by atoms with Crippen molar-refractivity contribution in [2.45, 2.75) is 6.92 Å². The Balaban J connectivity index is 2.03. The monoisotopic (exact) mass is 397 g/mol. The molecule has 2 aromatic carbocycles. The first-order chi connectivity index (χ1) is 14.5. The molecule has 2 aromatic heterocycles. The van der Waals surface area contributed by atoms with Gasteiger partial charge in [-0.25, -0.2) is 9.78 Å². The largest absolute Gasteiger partial charge is 0.478 e. The van der Waals surface area contributed by atoms with Crippen molar-refractivity contribution in [1.29, 1.82) is 0 Å². The predicted octanol–water partition coefficient (Wildman–Crippen LogP) is 4.54. The van der Waals surface area contributed by atoms with E-state index in [9.17, 15) is 9.59 Å². The molecule has 148 valence electrons. The minimum Gasteiger partial charge on any atom is -0.478 e. The van der Waals surface area contributed by atoms with Crippen LogP contribution in [-0.4, -0.2) is 20.6 Å². The number of fused-ring (bicyclic) bond motifs is 1. The first kappa shape index (κ1) is 19.1. The van der Waals surface area contributed by atoms with Crippen molar-refractivity contribution in [3.63, 3.8) is 0 Å². The molecule has 0 aliphatic rings.